The smallest absolute Gasteiger partial charge is 0.238 e. The third-order valence-corrected chi connectivity index (χ3v) is 4.95. The van der Waals surface area contributed by atoms with Crippen molar-refractivity contribution in [2.45, 2.75) is 19.8 Å². The van der Waals surface area contributed by atoms with Crippen LogP contribution >= 0.6 is 15.9 Å². The van der Waals surface area contributed by atoms with Crippen molar-refractivity contribution in [3.8, 4) is 0 Å². The fourth-order valence-electron chi connectivity index (χ4n) is 2.84. The van der Waals surface area contributed by atoms with Crippen LogP contribution in [0.2, 0.25) is 0 Å². The van der Waals surface area contributed by atoms with Crippen LogP contribution in [0.4, 0.5) is 5.69 Å². The lowest BCUT2D eigenvalue weighted by atomic mass is 9.85. The molecule has 0 bridgehead atoms. The van der Waals surface area contributed by atoms with Crippen LogP contribution in [0.1, 0.15) is 18.4 Å². The van der Waals surface area contributed by atoms with E-state index in [1.165, 1.54) is 4.90 Å². The Hall–Kier alpha value is -1.42. The SMILES string of the molecule is Cc1cccc(N2C(=O)[C@H]3CC=CC[C@H]3C2=O)c1Br. The first-order valence-corrected chi connectivity index (χ1v) is 7.18. The monoisotopic (exact) mass is 319 g/mol. The van der Waals surface area contributed by atoms with Gasteiger partial charge in [0.2, 0.25) is 11.8 Å². The van der Waals surface area contributed by atoms with Gasteiger partial charge in [-0.1, -0.05) is 24.3 Å². The first-order chi connectivity index (χ1) is 9.11. The highest BCUT2D eigenvalue weighted by atomic mass is 79.9. The zero-order valence-electron chi connectivity index (χ0n) is 10.6. The molecule has 1 aliphatic carbocycles. The van der Waals surface area contributed by atoms with E-state index >= 15 is 0 Å². The summed E-state index contributed by atoms with van der Waals surface area (Å²) in [6, 6.07) is 5.64. The standard InChI is InChI=1S/C15H14BrNO2/c1-9-5-4-8-12(13(9)16)17-14(18)10-6-2-3-7-11(10)15(17)19/h2-5,8,10-11H,6-7H2,1H3/t10-,11+. The molecular weight excluding hydrogens is 306 g/mol. The maximum atomic E-state index is 12.5. The minimum Gasteiger partial charge on any atom is -0.274 e. The Morgan fingerprint density at radius 1 is 1.11 bits per heavy atom. The molecule has 0 unspecified atom stereocenters. The van der Waals surface area contributed by atoms with E-state index in [2.05, 4.69) is 15.9 Å². The van der Waals surface area contributed by atoms with Crippen molar-refractivity contribution >= 4 is 33.4 Å². The molecule has 3 rings (SSSR count). The van der Waals surface area contributed by atoms with Crippen LogP contribution in [-0.2, 0) is 9.59 Å². The van der Waals surface area contributed by atoms with E-state index in [9.17, 15) is 9.59 Å². The molecule has 1 saturated heterocycles. The number of anilines is 1. The average molecular weight is 320 g/mol. The van der Waals surface area contributed by atoms with Crippen LogP contribution in [0.15, 0.2) is 34.8 Å². The summed E-state index contributed by atoms with van der Waals surface area (Å²) in [4.78, 5) is 26.3. The van der Waals surface area contributed by atoms with E-state index in [4.69, 9.17) is 0 Å². The lowest BCUT2D eigenvalue weighted by molar-refractivity contribution is -0.122. The number of imide groups is 1. The number of benzene rings is 1. The van der Waals surface area contributed by atoms with Gasteiger partial charge in [-0.2, -0.15) is 0 Å². The van der Waals surface area contributed by atoms with E-state index in [0.29, 0.717) is 18.5 Å². The van der Waals surface area contributed by atoms with Crippen molar-refractivity contribution < 1.29 is 9.59 Å². The summed E-state index contributed by atoms with van der Waals surface area (Å²) in [6.07, 6.45) is 5.35. The highest BCUT2D eigenvalue weighted by Crippen LogP contribution is 2.40. The van der Waals surface area contributed by atoms with Gasteiger partial charge in [0, 0.05) is 4.47 Å². The first kappa shape index (κ1) is 12.6. The van der Waals surface area contributed by atoms with Crippen LogP contribution in [-0.4, -0.2) is 11.8 Å². The summed E-state index contributed by atoms with van der Waals surface area (Å²) in [6.45, 7) is 1.95. The molecule has 1 aliphatic heterocycles. The van der Waals surface area contributed by atoms with Gasteiger partial charge < -0.3 is 0 Å². The molecule has 0 spiro atoms. The molecule has 1 aromatic carbocycles. The number of hydrogen-bond donors (Lipinski definition) is 0. The number of hydrogen-bond acceptors (Lipinski definition) is 2. The highest BCUT2D eigenvalue weighted by molar-refractivity contribution is 9.10. The molecule has 2 aliphatic rings. The van der Waals surface area contributed by atoms with Gasteiger partial charge in [0.15, 0.2) is 0 Å². The average Bonchev–Trinajstić information content (AvgIpc) is 2.67. The van der Waals surface area contributed by atoms with E-state index < -0.39 is 0 Å². The largest absolute Gasteiger partial charge is 0.274 e. The second-order valence-electron chi connectivity index (χ2n) is 5.08. The lowest BCUT2D eigenvalue weighted by Gasteiger charge is -2.17. The van der Waals surface area contributed by atoms with E-state index in [1.54, 1.807) is 0 Å². The number of nitrogens with zero attached hydrogens (tertiary/aromatic N) is 1. The molecule has 3 nitrogen and oxygen atoms in total. The molecule has 19 heavy (non-hydrogen) atoms. The summed E-state index contributed by atoms with van der Waals surface area (Å²) in [5.74, 6) is -0.480. The Labute approximate surface area is 120 Å². The van der Waals surface area contributed by atoms with E-state index in [-0.39, 0.29) is 23.7 Å². The lowest BCUT2D eigenvalue weighted by Crippen LogP contribution is -2.31. The molecule has 4 heteroatoms. The van der Waals surface area contributed by atoms with Crippen molar-refractivity contribution in [1.82, 2.24) is 0 Å². The first-order valence-electron chi connectivity index (χ1n) is 6.39. The van der Waals surface area contributed by atoms with Crippen molar-refractivity contribution in [1.29, 1.82) is 0 Å². The topological polar surface area (TPSA) is 37.4 Å². The summed E-state index contributed by atoms with van der Waals surface area (Å²) in [5.41, 5.74) is 1.69. The zero-order chi connectivity index (χ0) is 13.6. The molecule has 1 heterocycles. The third-order valence-electron chi connectivity index (χ3n) is 3.92. The van der Waals surface area contributed by atoms with Gasteiger partial charge in [0.05, 0.1) is 17.5 Å². The van der Waals surface area contributed by atoms with Gasteiger partial charge in [-0.25, -0.2) is 4.90 Å². The maximum absolute atomic E-state index is 12.5. The predicted octanol–water partition coefficient (Wildman–Crippen LogP) is 3.21. The Morgan fingerprint density at radius 2 is 1.68 bits per heavy atom. The molecule has 0 N–H and O–H groups in total. The fourth-order valence-corrected chi connectivity index (χ4v) is 3.28. The molecule has 2 amide bonds. The van der Waals surface area contributed by atoms with Gasteiger partial charge in [-0.15, -0.1) is 0 Å². The highest BCUT2D eigenvalue weighted by Gasteiger charge is 2.48. The van der Waals surface area contributed by atoms with Gasteiger partial charge in [0.25, 0.3) is 0 Å². The van der Waals surface area contributed by atoms with Gasteiger partial charge in [-0.05, 0) is 47.3 Å². The molecule has 1 fully saturated rings. The molecule has 0 aromatic heterocycles. The van der Waals surface area contributed by atoms with Crippen LogP contribution < -0.4 is 4.90 Å². The quantitative estimate of drug-likeness (QED) is 0.588. The molecule has 1 aromatic rings. The van der Waals surface area contributed by atoms with Gasteiger partial charge in [0.1, 0.15) is 0 Å². The minimum absolute atomic E-state index is 0.0642. The number of amides is 2. The molecule has 0 radical (unpaired) electrons. The Bertz CT molecular complexity index is 568. The number of aryl methyl sites for hydroxylation is 1. The van der Waals surface area contributed by atoms with Crippen molar-refractivity contribution in [3.05, 3.63) is 40.4 Å². The number of carbonyl (C=O) groups is 2. The fraction of sp³-hybridized carbons (Fsp3) is 0.333. The predicted molar refractivity (Wildman–Crippen MR) is 76.7 cm³/mol. The Morgan fingerprint density at radius 3 is 2.26 bits per heavy atom. The van der Waals surface area contributed by atoms with Crippen LogP contribution in [0.25, 0.3) is 0 Å². The zero-order valence-corrected chi connectivity index (χ0v) is 12.2. The van der Waals surface area contributed by atoms with Crippen molar-refractivity contribution in [2.75, 3.05) is 4.90 Å². The Kier molecular flexibility index (Phi) is 3.05. The molecule has 0 saturated carbocycles. The number of allylic oxidation sites excluding steroid dienone is 2. The second kappa shape index (κ2) is 4.60. The van der Waals surface area contributed by atoms with Gasteiger partial charge >= 0.3 is 0 Å². The third kappa shape index (κ3) is 1.86. The number of rotatable bonds is 1. The van der Waals surface area contributed by atoms with E-state index in [0.717, 1.165) is 10.0 Å². The number of carbonyl (C=O) groups excluding carboxylic acids is 2. The van der Waals surface area contributed by atoms with Crippen LogP contribution in [0, 0.1) is 18.8 Å². The number of halogens is 1. The normalized spacial score (nSPS) is 25.9. The summed E-state index contributed by atoms with van der Waals surface area (Å²) >= 11 is 3.48. The molecule has 2 atom stereocenters. The summed E-state index contributed by atoms with van der Waals surface area (Å²) in [7, 11) is 0. The molecule has 98 valence electrons. The summed E-state index contributed by atoms with van der Waals surface area (Å²) < 4.78 is 0.823. The van der Waals surface area contributed by atoms with Crippen LogP contribution in [0.5, 0.6) is 0 Å². The van der Waals surface area contributed by atoms with Crippen molar-refractivity contribution in [3.63, 3.8) is 0 Å². The Balaban J connectivity index is 2.04. The minimum atomic E-state index is -0.176. The van der Waals surface area contributed by atoms with E-state index in [1.807, 2.05) is 37.3 Å². The second-order valence-corrected chi connectivity index (χ2v) is 5.87. The van der Waals surface area contributed by atoms with Gasteiger partial charge in [-0.3, -0.25) is 9.59 Å². The van der Waals surface area contributed by atoms with Crippen LogP contribution in [0.3, 0.4) is 0 Å². The number of fused-ring (bicyclic) bond motifs is 1. The molecular formula is C15H14BrNO2. The van der Waals surface area contributed by atoms with Crippen molar-refractivity contribution in [2.24, 2.45) is 11.8 Å². The summed E-state index contributed by atoms with van der Waals surface area (Å²) in [5, 5.41) is 0. The maximum Gasteiger partial charge on any atom is 0.238 e.